The first-order chi connectivity index (χ1) is 7.66. The van der Waals surface area contributed by atoms with Gasteiger partial charge >= 0.3 is 0 Å². The smallest absolute Gasteiger partial charge is 0.293 e. The van der Waals surface area contributed by atoms with Gasteiger partial charge in [0.2, 0.25) is 5.82 Å². The van der Waals surface area contributed by atoms with E-state index in [1.54, 1.807) is 11.8 Å². The van der Waals surface area contributed by atoms with E-state index in [1.807, 2.05) is 6.92 Å². The van der Waals surface area contributed by atoms with Gasteiger partial charge in [-0.15, -0.1) is 5.10 Å². The van der Waals surface area contributed by atoms with E-state index in [9.17, 15) is 4.79 Å². The van der Waals surface area contributed by atoms with Gasteiger partial charge in [0.05, 0.1) is 6.10 Å². The molecule has 0 aromatic carbocycles. The summed E-state index contributed by atoms with van der Waals surface area (Å²) in [7, 11) is 0. The van der Waals surface area contributed by atoms with Crippen molar-refractivity contribution in [2.75, 3.05) is 19.7 Å². The summed E-state index contributed by atoms with van der Waals surface area (Å²) in [5.41, 5.74) is 0. The van der Waals surface area contributed by atoms with Crippen molar-refractivity contribution in [1.29, 1.82) is 0 Å². The van der Waals surface area contributed by atoms with Gasteiger partial charge in [0.25, 0.3) is 5.91 Å². The Morgan fingerprint density at radius 1 is 1.62 bits per heavy atom. The molecule has 6 nitrogen and oxygen atoms in total. The molecular weight excluding hydrogens is 208 g/mol. The molecule has 0 aliphatic carbocycles. The maximum absolute atomic E-state index is 12.0. The third-order valence-corrected chi connectivity index (χ3v) is 2.53. The number of aryl methyl sites for hydroxylation is 1. The largest absolute Gasteiger partial charge is 0.377 e. The van der Waals surface area contributed by atoms with E-state index in [-0.39, 0.29) is 17.8 Å². The maximum Gasteiger partial charge on any atom is 0.293 e. The number of carbonyl (C=O) groups excluding carboxylic acids is 1. The highest BCUT2D eigenvalue weighted by atomic mass is 16.5. The highest BCUT2D eigenvalue weighted by Crippen LogP contribution is 2.08. The van der Waals surface area contributed by atoms with Crippen molar-refractivity contribution >= 4 is 5.91 Å². The number of rotatable bonds is 1. The van der Waals surface area contributed by atoms with Crippen molar-refractivity contribution < 1.29 is 9.53 Å². The molecule has 1 amide bonds. The number of nitrogens with one attached hydrogen (secondary N) is 1. The zero-order chi connectivity index (χ0) is 11.5. The quantitative estimate of drug-likeness (QED) is 0.747. The molecule has 1 aromatic heterocycles. The molecule has 1 unspecified atom stereocenters. The number of carbonyl (C=O) groups is 1. The van der Waals surface area contributed by atoms with Crippen LogP contribution in [0.15, 0.2) is 0 Å². The second kappa shape index (κ2) is 4.61. The van der Waals surface area contributed by atoms with Gasteiger partial charge in [-0.05, 0) is 20.3 Å². The van der Waals surface area contributed by atoms with Crippen molar-refractivity contribution in [2.45, 2.75) is 26.4 Å². The van der Waals surface area contributed by atoms with Gasteiger partial charge in [-0.25, -0.2) is 4.98 Å². The molecule has 2 rings (SSSR count). The molecule has 0 radical (unpaired) electrons. The number of hydrogen-bond acceptors (Lipinski definition) is 4. The van der Waals surface area contributed by atoms with Crippen LogP contribution in [0.4, 0.5) is 0 Å². The minimum absolute atomic E-state index is 0.0755. The molecular formula is C10H16N4O2. The fourth-order valence-electron chi connectivity index (χ4n) is 1.76. The van der Waals surface area contributed by atoms with Crippen LogP contribution in [0.3, 0.4) is 0 Å². The number of H-pyrrole nitrogens is 1. The molecule has 0 spiro atoms. The van der Waals surface area contributed by atoms with E-state index >= 15 is 0 Å². The van der Waals surface area contributed by atoms with Crippen molar-refractivity contribution in [2.24, 2.45) is 0 Å². The van der Waals surface area contributed by atoms with Gasteiger partial charge < -0.3 is 9.64 Å². The number of amides is 1. The number of aromatic nitrogens is 3. The molecule has 88 valence electrons. The Labute approximate surface area is 94.0 Å². The van der Waals surface area contributed by atoms with Crippen LogP contribution in [0.2, 0.25) is 0 Å². The van der Waals surface area contributed by atoms with E-state index < -0.39 is 0 Å². The first-order valence-corrected chi connectivity index (χ1v) is 5.46. The topological polar surface area (TPSA) is 71.1 Å². The first kappa shape index (κ1) is 11.1. The summed E-state index contributed by atoms with van der Waals surface area (Å²) in [6.07, 6.45) is 0.936. The minimum Gasteiger partial charge on any atom is -0.377 e. The highest BCUT2D eigenvalue weighted by Gasteiger charge is 2.23. The van der Waals surface area contributed by atoms with E-state index in [0.717, 1.165) is 6.42 Å². The molecule has 6 heteroatoms. The molecule has 0 saturated carbocycles. The number of nitrogens with zero attached hydrogens (tertiary/aromatic N) is 3. The third kappa shape index (κ3) is 2.38. The molecule has 1 saturated heterocycles. The Balaban J connectivity index is 2.08. The lowest BCUT2D eigenvalue weighted by Crippen LogP contribution is -2.36. The standard InChI is InChI=1S/C10H16N4O2/c1-7-6-14(4-3-5-16-7)10(15)9-11-8(2)12-13-9/h7H,3-6H2,1-2H3,(H,11,12,13). The summed E-state index contributed by atoms with van der Waals surface area (Å²) in [6.45, 7) is 5.76. The molecule has 1 fully saturated rings. The lowest BCUT2D eigenvalue weighted by atomic mass is 10.3. The second-order valence-electron chi connectivity index (χ2n) is 4.03. The Kier molecular flexibility index (Phi) is 3.19. The number of aromatic amines is 1. The monoisotopic (exact) mass is 224 g/mol. The molecule has 2 heterocycles. The fraction of sp³-hybridized carbons (Fsp3) is 0.700. The minimum atomic E-state index is -0.123. The Hall–Kier alpha value is -1.43. The van der Waals surface area contributed by atoms with E-state index in [0.29, 0.717) is 25.5 Å². The summed E-state index contributed by atoms with van der Waals surface area (Å²) >= 11 is 0. The Morgan fingerprint density at radius 3 is 3.12 bits per heavy atom. The van der Waals surface area contributed by atoms with Crippen molar-refractivity contribution in [3.8, 4) is 0 Å². The van der Waals surface area contributed by atoms with E-state index in [2.05, 4.69) is 15.2 Å². The zero-order valence-electron chi connectivity index (χ0n) is 9.56. The lowest BCUT2D eigenvalue weighted by Gasteiger charge is -2.20. The lowest BCUT2D eigenvalue weighted by molar-refractivity contribution is 0.0556. The summed E-state index contributed by atoms with van der Waals surface area (Å²) in [5.74, 6) is 0.774. The van der Waals surface area contributed by atoms with Crippen LogP contribution in [-0.2, 0) is 4.74 Å². The zero-order valence-corrected chi connectivity index (χ0v) is 9.56. The summed E-state index contributed by atoms with van der Waals surface area (Å²) in [4.78, 5) is 17.8. The predicted molar refractivity (Wildman–Crippen MR) is 57.1 cm³/mol. The van der Waals surface area contributed by atoms with E-state index in [4.69, 9.17) is 4.74 Å². The highest BCUT2D eigenvalue weighted by molar-refractivity contribution is 5.90. The van der Waals surface area contributed by atoms with Crippen LogP contribution in [0.5, 0.6) is 0 Å². The maximum atomic E-state index is 12.0. The van der Waals surface area contributed by atoms with Crippen LogP contribution < -0.4 is 0 Å². The molecule has 1 aliphatic rings. The number of ether oxygens (including phenoxy) is 1. The predicted octanol–water partition coefficient (Wildman–Crippen LogP) is 0.364. The van der Waals surface area contributed by atoms with Crippen molar-refractivity contribution in [3.05, 3.63) is 11.6 Å². The van der Waals surface area contributed by atoms with Gasteiger partial charge in [-0.1, -0.05) is 0 Å². The van der Waals surface area contributed by atoms with Gasteiger partial charge in [0, 0.05) is 19.7 Å². The fourth-order valence-corrected chi connectivity index (χ4v) is 1.76. The Bertz CT molecular complexity index is 377. The van der Waals surface area contributed by atoms with Gasteiger partial charge in [-0.3, -0.25) is 9.89 Å². The van der Waals surface area contributed by atoms with Crippen LogP contribution in [0, 0.1) is 6.92 Å². The van der Waals surface area contributed by atoms with Crippen LogP contribution in [-0.4, -0.2) is 51.8 Å². The van der Waals surface area contributed by atoms with Gasteiger partial charge in [-0.2, -0.15) is 0 Å². The summed E-state index contributed by atoms with van der Waals surface area (Å²) < 4.78 is 5.48. The summed E-state index contributed by atoms with van der Waals surface area (Å²) in [6, 6.07) is 0. The van der Waals surface area contributed by atoms with Crippen LogP contribution >= 0.6 is 0 Å². The van der Waals surface area contributed by atoms with Gasteiger partial charge in [0.1, 0.15) is 5.82 Å². The van der Waals surface area contributed by atoms with Gasteiger partial charge in [0.15, 0.2) is 0 Å². The molecule has 1 aliphatic heterocycles. The first-order valence-electron chi connectivity index (χ1n) is 5.46. The number of hydrogen-bond donors (Lipinski definition) is 1. The molecule has 1 N–H and O–H groups in total. The van der Waals surface area contributed by atoms with Crippen molar-refractivity contribution in [3.63, 3.8) is 0 Å². The van der Waals surface area contributed by atoms with Crippen LogP contribution in [0.1, 0.15) is 29.8 Å². The van der Waals surface area contributed by atoms with Crippen molar-refractivity contribution in [1.82, 2.24) is 20.1 Å². The third-order valence-electron chi connectivity index (χ3n) is 2.53. The van der Waals surface area contributed by atoms with E-state index in [1.165, 1.54) is 0 Å². The average molecular weight is 224 g/mol. The SMILES string of the molecule is Cc1nc(C(=O)N2CCCOC(C)C2)n[nH]1. The summed E-state index contributed by atoms with van der Waals surface area (Å²) in [5, 5.41) is 6.55. The van der Waals surface area contributed by atoms with Crippen LogP contribution in [0.25, 0.3) is 0 Å². The molecule has 0 bridgehead atoms. The molecule has 1 atom stereocenters. The molecule has 16 heavy (non-hydrogen) atoms. The average Bonchev–Trinajstić information content (AvgIpc) is 2.56. The molecule has 1 aromatic rings. The Morgan fingerprint density at radius 2 is 2.44 bits per heavy atom. The normalized spacial score (nSPS) is 21.9. The second-order valence-corrected chi connectivity index (χ2v) is 4.03.